The first-order valence-corrected chi connectivity index (χ1v) is 11.9. The summed E-state index contributed by atoms with van der Waals surface area (Å²) in [5, 5.41) is 6.83. The quantitative estimate of drug-likeness (QED) is 0.742. The fourth-order valence-electron chi connectivity index (χ4n) is 3.18. The van der Waals surface area contributed by atoms with Gasteiger partial charge >= 0.3 is 0 Å². The molecule has 1 saturated heterocycles. The van der Waals surface area contributed by atoms with Crippen molar-refractivity contribution in [1.82, 2.24) is 5.32 Å². The van der Waals surface area contributed by atoms with Crippen molar-refractivity contribution in [2.75, 3.05) is 16.8 Å². The van der Waals surface area contributed by atoms with E-state index in [0.29, 0.717) is 21.4 Å². The van der Waals surface area contributed by atoms with Crippen molar-refractivity contribution in [3.05, 3.63) is 64.4 Å². The smallest absolute Gasteiger partial charge is 0.251 e. The van der Waals surface area contributed by atoms with Gasteiger partial charge < -0.3 is 10.6 Å². The third-order valence-electron chi connectivity index (χ3n) is 4.65. The average molecular weight is 454 g/mol. The second-order valence-corrected chi connectivity index (χ2v) is 10.7. The van der Waals surface area contributed by atoms with Crippen LogP contribution in [-0.4, -0.2) is 42.3 Å². The highest BCUT2D eigenvalue weighted by Crippen LogP contribution is 2.35. The van der Waals surface area contributed by atoms with E-state index in [1.807, 2.05) is 0 Å². The molecular weight excluding hydrogens is 437 g/mol. The lowest BCUT2D eigenvalue weighted by atomic mass is 10.1. The van der Waals surface area contributed by atoms with Crippen LogP contribution in [0.5, 0.6) is 0 Å². The highest BCUT2D eigenvalue weighted by Gasteiger charge is 2.42. The second kappa shape index (κ2) is 7.97. The minimum absolute atomic E-state index is 0.0649. The Hall–Kier alpha value is -2.10. The average Bonchev–Trinajstić information content (AvgIpc) is 3.15. The Kier molecular flexibility index (Phi) is 5.54. The first-order valence-electron chi connectivity index (χ1n) is 8.83. The van der Waals surface area contributed by atoms with Gasteiger partial charge in [-0.2, -0.15) is 0 Å². The van der Waals surface area contributed by atoms with Crippen LogP contribution in [0.1, 0.15) is 15.9 Å². The number of nitrogens with one attached hydrogen (secondary N) is 2. The van der Waals surface area contributed by atoms with Crippen molar-refractivity contribution >= 4 is 50.0 Å². The van der Waals surface area contributed by atoms with Gasteiger partial charge in [-0.25, -0.2) is 12.8 Å². The van der Waals surface area contributed by atoms with E-state index in [-0.39, 0.29) is 41.1 Å². The molecular formula is C19H17ClFN3O3S2. The van der Waals surface area contributed by atoms with E-state index < -0.39 is 9.84 Å². The summed E-state index contributed by atoms with van der Waals surface area (Å²) in [4.78, 5) is 16.9. The van der Waals surface area contributed by atoms with Crippen LogP contribution in [0.2, 0.25) is 5.02 Å². The molecule has 152 valence electrons. The standard InChI is InChI=1S/C19H17ClFN3O3S2/c20-14-6-3-12(18(25)22-8-11-1-4-13(21)5-2-11)7-15(14)23-19-24-16-9-29(26,27)10-17(16)28-19/h1-7,16-17H,8-10H2,(H,22,25)(H,23,24)/t16-,17-/m1/s1. The van der Waals surface area contributed by atoms with Gasteiger partial charge in [-0.1, -0.05) is 35.5 Å². The van der Waals surface area contributed by atoms with Crippen LogP contribution in [0.4, 0.5) is 10.1 Å². The molecule has 4 rings (SSSR count). The van der Waals surface area contributed by atoms with Gasteiger partial charge in [-0.3, -0.25) is 9.79 Å². The van der Waals surface area contributed by atoms with E-state index in [1.54, 1.807) is 30.3 Å². The van der Waals surface area contributed by atoms with Crippen molar-refractivity contribution < 1.29 is 17.6 Å². The van der Waals surface area contributed by atoms with Crippen LogP contribution >= 0.6 is 23.4 Å². The number of amides is 1. The summed E-state index contributed by atoms with van der Waals surface area (Å²) in [6.07, 6.45) is 0. The zero-order valence-corrected chi connectivity index (χ0v) is 17.5. The number of carbonyl (C=O) groups is 1. The van der Waals surface area contributed by atoms with Gasteiger partial charge in [0.05, 0.1) is 28.3 Å². The van der Waals surface area contributed by atoms with Gasteiger partial charge in [0.1, 0.15) is 5.82 Å². The van der Waals surface area contributed by atoms with Crippen molar-refractivity contribution in [1.29, 1.82) is 0 Å². The predicted octanol–water partition coefficient (Wildman–Crippen LogP) is 3.09. The number of carbonyl (C=O) groups excluding carboxylic acids is 1. The number of hydrogen-bond donors (Lipinski definition) is 2. The number of thioether (sulfide) groups is 1. The normalized spacial score (nSPS) is 22.1. The molecule has 2 N–H and O–H groups in total. The monoisotopic (exact) mass is 453 g/mol. The van der Waals surface area contributed by atoms with Crippen LogP contribution in [0.3, 0.4) is 0 Å². The Bertz CT molecular complexity index is 1090. The Balaban J connectivity index is 1.42. The lowest BCUT2D eigenvalue weighted by Gasteiger charge is -2.11. The number of nitrogens with zero attached hydrogens (tertiary/aromatic N) is 1. The van der Waals surface area contributed by atoms with Crippen LogP contribution in [0.15, 0.2) is 47.5 Å². The maximum Gasteiger partial charge on any atom is 0.251 e. The lowest BCUT2D eigenvalue weighted by molar-refractivity contribution is 0.0951. The molecule has 2 aromatic rings. The molecule has 0 bridgehead atoms. The number of aliphatic imine (C=N–C) groups is 1. The molecule has 0 unspecified atom stereocenters. The molecule has 29 heavy (non-hydrogen) atoms. The Morgan fingerprint density at radius 2 is 1.97 bits per heavy atom. The summed E-state index contributed by atoms with van der Waals surface area (Å²) in [5.74, 6) is -0.438. The summed E-state index contributed by atoms with van der Waals surface area (Å²) in [6, 6.07) is 10.5. The summed E-state index contributed by atoms with van der Waals surface area (Å²) in [5.41, 5.74) is 1.71. The molecule has 0 aromatic heterocycles. The van der Waals surface area contributed by atoms with E-state index in [2.05, 4.69) is 15.6 Å². The van der Waals surface area contributed by atoms with Gasteiger partial charge in [0.2, 0.25) is 0 Å². The number of fused-ring (bicyclic) bond motifs is 1. The van der Waals surface area contributed by atoms with Gasteiger partial charge in [0.15, 0.2) is 15.0 Å². The molecule has 10 heteroatoms. The third kappa shape index (κ3) is 4.73. The Labute approximate surface area is 176 Å². The predicted molar refractivity (Wildman–Crippen MR) is 114 cm³/mol. The molecule has 2 heterocycles. The second-order valence-electron chi connectivity index (χ2n) is 6.86. The van der Waals surface area contributed by atoms with Gasteiger partial charge in [-0.05, 0) is 35.9 Å². The lowest BCUT2D eigenvalue weighted by Crippen LogP contribution is -2.23. The highest BCUT2D eigenvalue weighted by atomic mass is 35.5. The SMILES string of the molecule is O=C(NCc1ccc(F)cc1)c1ccc(Cl)c(NC2=N[C@@H]3CS(=O)(=O)C[C@H]3S2)c1. The third-order valence-corrected chi connectivity index (χ3v) is 8.13. The molecule has 1 fully saturated rings. The first-order chi connectivity index (χ1) is 13.8. The molecule has 0 spiro atoms. The molecule has 2 aliphatic heterocycles. The fraction of sp³-hybridized carbons (Fsp3) is 0.263. The molecule has 1 amide bonds. The van der Waals surface area contributed by atoms with Crippen LogP contribution in [-0.2, 0) is 16.4 Å². The minimum atomic E-state index is -3.02. The zero-order chi connectivity index (χ0) is 20.6. The fourth-order valence-corrected chi connectivity index (χ4v) is 7.01. The maximum atomic E-state index is 13.0. The number of anilines is 1. The Morgan fingerprint density at radius 1 is 1.21 bits per heavy atom. The van der Waals surface area contributed by atoms with Gasteiger partial charge in [0, 0.05) is 17.4 Å². The number of benzene rings is 2. The Morgan fingerprint density at radius 3 is 2.69 bits per heavy atom. The van der Waals surface area contributed by atoms with E-state index in [1.165, 1.54) is 23.9 Å². The van der Waals surface area contributed by atoms with Gasteiger partial charge in [0.25, 0.3) is 5.91 Å². The summed E-state index contributed by atoms with van der Waals surface area (Å²) < 4.78 is 36.3. The molecule has 0 radical (unpaired) electrons. The molecule has 2 aromatic carbocycles. The molecule has 6 nitrogen and oxygen atoms in total. The number of amidine groups is 1. The van der Waals surface area contributed by atoms with Crippen LogP contribution < -0.4 is 10.6 Å². The summed E-state index contributed by atoms with van der Waals surface area (Å²) in [6.45, 7) is 0.269. The van der Waals surface area contributed by atoms with E-state index in [4.69, 9.17) is 11.6 Å². The van der Waals surface area contributed by atoms with Crippen molar-refractivity contribution in [2.24, 2.45) is 4.99 Å². The largest absolute Gasteiger partial charge is 0.348 e. The molecule has 2 atom stereocenters. The molecule has 0 aliphatic carbocycles. The first kappa shape index (κ1) is 20.2. The van der Waals surface area contributed by atoms with Crippen molar-refractivity contribution in [3.8, 4) is 0 Å². The van der Waals surface area contributed by atoms with Gasteiger partial charge in [-0.15, -0.1) is 0 Å². The number of hydrogen-bond acceptors (Lipinski definition) is 6. The zero-order valence-electron chi connectivity index (χ0n) is 15.1. The van der Waals surface area contributed by atoms with E-state index in [0.717, 1.165) is 5.56 Å². The highest BCUT2D eigenvalue weighted by molar-refractivity contribution is 8.15. The number of rotatable bonds is 4. The van der Waals surface area contributed by atoms with Crippen LogP contribution in [0, 0.1) is 5.82 Å². The van der Waals surface area contributed by atoms with E-state index in [9.17, 15) is 17.6 Å². The summed E-state index contributed by atoms with van der Waals surface area (Å²) >= 11 is 7.62. The van der Waals surface area contributed by atoms with Crippen molar-refractivity contribution in [2.45, 2.75) is 17.8 Å². The minimum Gasteiger partial charge on any atom is -0.348 e. The van der Waals surface area contributed by atoms with E-state index >= 15 is 0 Å². The molecule has 0 saturated carbocycles. The summed E-state index contributed by atoms with van der Waals surface area (Å²) in [7, 11) is -3.02. The maximum absolute atomic E-state index is 13.0. The molecule has 2 aliphatic rings. The van der Waals surface area contributed by atoms with Crippen LogP contribution in [0.25, 0.3) is 0 Å². The topological polar surface area (TPSA) is 87.6 Å². The number of sulfone groups is 1. The number of halogens is 2. The van der Waals surface area contributed by atoms with Crippen molar-refractivity contribution in [3.63, 3.8) is 0 Å².